The Balaban J connectivity index is 0.000000320. The molecular formula is C7H10Ni. The van der Waals surface area contributed by atoms with Gasteiger partial charge in [-0.15, -0.1) is 0 Å². The molecule has 2 atom stereocenters. The van der Waals surface area contributed by atoms with Crippen LogP contribution in [-0.4, -0.2) is 0 Å². The topological polar surface area (TPSA) is 0 Å². The molecular weight excluding hydrogens is 143 g/mol. The summed E-state index contributed by atoms with van der Waals surface area (Å²) in [5, 5.41) is 0. The van der Waals surface area contributed by atoms with E-state index in [2.05, 4.69) is 12.2 Å². The van der Waals surface area contributed by atoms with Crippen molar-refractivity contribution in [3.8, 4) is 0 Å². The fraction of sp³-hybridized carbons (Fsp3) is 0.714. The second-order valence-electron chi connectivity index (χ2n) is 2.72. The van der Waals surface area contributed by atoms with Gasteiger partial charge in [-0.1, -0.05) is 12.2 Å². The summed E-state index contributed by atoms with van der Waals surface area (Å²) in [6.45, 7) is 0. The van der Waals surface area contributed by atoms with Crippen LogP contribution in [0.3, 0.4) is 0 Å². The molecule has 8 heavy (non-hydrogen) atoms. The molecule has 0 aromatic heterocycles. The van der Waals surface area contributed by atoms with E-state index in [0.29, 0.717) is 0 Å². The molecule has 1 fully saturated rings. The summed E-state index contributed by atoms with van der Waals surface area (Å²) in [5.41, 5.74) is 0. The zero-order valence-electron chi connectivity index (χ0n) is 4.75. The summed E-state index contributed by atoms with van der Waals surface area (Å²) in [6, 6.07) is 0. The largest absolute Gasteiger partial charge is 0.0851 e. The molecule has 0 nitrogen and oxygen atoms in total. The summed E-state index contributed by atoms with van der Waals surface area (Å²) >= 11 is 0. The van der Waals surface area contributed by atoms with E-state index in [1.807, 2.05) is 0 Å². The molecule has 0 N–H and O–H groups in total. The molecule has 1 saturated carbocycles. The fourth-order valence-electron chi connectivity index (χ4n) is 1.72. The Bertz CT molecular complexity index is 95.0. The van der Waals surface area contributed by atoms with Gasteiger partial charge in [0, 0.05) is 16.5 Å². The van der Waals surface area contributed by atoms with Gasteiger partial charge < -0.3 is 0 Å². The second kappa shape index (κ2) is 2.23. The van der Waals surface area contributed by atoms with E-state index < -0.39 is 0 Å². The quantitative estimate of drug-likeness (QED) is 0.368. The van der Waals surface area contributed by atoms with Crippen molar-refractivity contribution in [3.05, 3.63) is 12.2 Å². The SMILES string of the molecule is C1=CC2CCC1C2.[Ni]. The average Bonchev–Trinajstić information content (AvgIpc) is 2.22. The van der Waals surface area contributed by atoms with Crippen LogP contribution < -0.4 is 0 Å². The van der Waals surface area contributed by atoms with Crippen molar-refractivity contribution in [1.82, 2.24) is 0 Å². The van der Waals surface area contributed by atoms with Crippen molar-refractivity contribution >= 4 is 0 Å². The van der Waals surface area contributed by atoms with Gasteiger partial charge in [0.25, 0.3) is 0 Å². The van der Waals surface area contributed by atoms with Crippen LogP contribution in [0.5, 0.6) is 0 Å². The molecule has 1 heteroatoms. The molecule has 2 aliphatic rings. The van der Waals surface area contributed by atoms with E-state index in [1.54, 1.807) is 0 Å². The first-order chi connectivity index (χ1) is 3.45. The Labute approximate surface area is 60.3 Å². The Kier molecular flexibility index (Phi) is 1.77. The van der Waals surface area contributed by atoms with Crippen molar-refractivity contribution < 1.29 is 16.5 Å². The molecule has 0 heterocycles. The molecule has 2 aliphatic carbocycles. The zero-order chi connectivity index (χ0) is 4.69. The molecule has 0 radical (unpaired) electrons. The third-order valence-corrected chi connectivity index (χ3v) is 2.17. The van der Waals surface area contributed by atoms with Gasteiger partial charge in [-0.2, -0.15) is 0 Å². The van der Waals surface area contributed by atoms with Crippen LogP contribution in [0.15, 0.2) is 12.2 Å². The van der Waals surface area contributed by atoms with Gasteiger partial charge in [-0.25, -0.2) is 0 Å². The van der Waals surface area contributed by atoms with Crippen molar-refractivity contribution in [2.45, 2.75) is 19.3 Å². The average molecular weight is 153 g/mol. The van der Waals surface area contributed by atoms with Crippen molar-refractivity contribution in [2.24, 2.45) is 11.8 Å². The van der Waals surface area contributed by atoms with Crippen molar-refractivity contribution in [2.75, 3.05) is 0 Å². The first-order valence-electron chi connectivity index (χ1n) is 3.13. The Hall–Kier alpha value is 0.234. The Morgan fingerprint density at radius 1 is 1.00 bits per heavy atom. The maximum Gasteiger partial charge on any atom is 0 e. The number of rotatable bonds is 0. The zero-order valence-corrected chi connectivity index (χ0v) is 5.73. The molecule has 48 valence electrons. The first kappa shape index (κ1) is 6.35. The van der Waals surface area contributed by atoms with Gasteiger partial charge in [0.1, 0.15) is 0 Å². The van der Waals surface area contributed by atoms with Crippen LogP contribution in [0.25, 0.3) is 0 Å². The minimum Gasteiger partial charge on any atom is -0.0851 e. The Morgan fingerprint density at radius 2 is 1.50 bits per heavy atom. The van der Waals surface area contributed by atoms with Gasteiger partial charge >= 0.3 is 0 Å². The standard InChI is InChI=1S/C7H10.Ni/c1-2-7-4-3-6(1)5-7;/h1-2,6-7H,3-5H2;. The molecule has 0 aliphatic heterocycles. The van der Waals surface area contributed by atoms with Gasteiger partial charge in [0.05, 0.1) is 0 Å². The van der Waals surface area contributed by atoms with E-state index in [4.69, 9.17) is 0 Å². The minimum absolute atomic E-state index is 0. The van der Waals surface area contributed by atoms with Crippen molar-refractivity contribution in [1.29, 1.82) is 0 Å². The predicted octanol–water partition coefficient (Wildman–Crippen LogP) is 1.97. The third-order valence-electron chi connectivity index (χ3n) is 2.17. The van der Waals surface area contributed by atoms with Gasteiger partial charge in [-0.05, 0) is 31.1 Å². The molecule has 0 aromatic carbocycles. The van der Waals surface area contributed by atoms with E-state index in [1.165, 1.54) is 19.3 Å². The number of hydrogen-bond donors (Lipinski definition) is 0. The minimum atomic E-state index is 0. The molecule has 2 unspecified atom stereocenters. The summed E-state index contributed by atoms with van der Waals surface area (Å²) in [6.07, 6.45) is 9.19. The van der Waals surface area contributed by atoms with Gasteiger partial charge in [0.15, 0.2) is 0 Å². The van der Waals surface area contributed by atoms with Gasteiger partial charge in [0.2, 0.25) is 0 Å². The molecule has 0 spiro atoms. The monoisotopic (exact) mass is 152 g/mol. The van der Waals surface area contributed by atoms with Gasteiger partial charge in [-0.3, -0.25) is 0 Å². The van der Waals surface area contributed by atoms with Crippen LogP contribution in [0.2, 0.25) is 0 Å². The molecule has 0 saturated heterocycles. The van der Waals surface area contributed by atoms with Crippen LogP contribution in [-0.2, 0) is 16.5 Å². The van der Waals surface area contributed by atoms with E-state index in [-0.39, 0.29) is 16.5 Å². The molecule has 0 amide bonds. The van der Waals surface area contributed by atoms with E-state index in [9.17, 15) is 0 Å². The van der Waals surface area contributed by atoms with Crippen LogP contribution in [0, 0.1) is 11.8 Å². The number of allylic oxidation sites excluding steroid dienone is 2. The summed E-state index contributed by atoms with van der Waals surface area (Å²) in [7, 11) is 0. The molecule has 2 bridgehead atoms. The summed E-state index contributed by atoms with van der Waals surface area (Å²) < 4.78 is 0. The van der Waals surface area contributed by atoms with E-state index >= 15 is 0 Å². The second-order valence-corrected chi connectivity index (χ2v) is 2.72. The normalized spacial score (nSPS) is 40.0. The van der Waals surface area contributed by atoms with Crippen molar-refractivity contribution in [3.63, 3.8) is 0 Å². The number of hydrogen-bond acceptors (Lipinski definition) is 0. The van der Waals surface area contributed by atoms with Crippen LogP contribution in [0.4, 0.5) is 0 Å². The maximum atomic E-state index is 2.38. The summed E-state index contributed by atoms with van der Waals surface area (Å²) in [4.78, 5) is 0. The molecule has 2 rings (SSSR count). The van der Waals surface area contributed by atoms with Crippen LogP contribution in [0.1, 0.15) is 19.3 Å². The molecule has 0 aromatic rings. The fourth-order valence-corrected chi connectivity index (χ4v) is 1.72. The Morgan fingerprint density at radius 3 is 1.62 bits per heavy atom. The summed E-state index contributed by atoms with van der Waals surface area (Å²) in [5.74, 6) is 1.98. The third kappa shape index (κ3) is 0.843. The van der Waals surface area contributed by atoms with Crippen LogP contribution >= 0.6 is 0 Å². The first-order valence-corrected chi connectivity index (χ1v) is 3.13. The van der Waals surface area contributed by atoms with E-state index in [0.717, 1.165) is 11.8 Å². The predicted molar refractivity (Wildman–Crippen MR) is 30.0 cm³/mol. The smallest absolute Gasteiger partial charge is 0 e. The maximum absolute atomic E-state index is 2.38. The number of fused-ring (bicyclic) bond motifs is 2.